The van der Waals surface area contributed by atoms with E-state index in [4.69, 9.17) is 16.3 Å². The Morgan fingerprint density at radius 3 is 2.48 bits per heavy atom. The van der Waals surface area contributed by atoms with Gasteiger partial charge >= 0.3 is 0 Å². The Morgan fingerprint density at radius 2 is 1.88 bits per heavy atom. The Balaban J connectivity index is 2.29. The highest BCUT2D eigenvalue weighted by Crippen LogP contribution is 2.30. The van der Waals surface area contributed by atoms with E-state index < -0.39 is 0 Å². The summed E-state index contributed by atoms with van der Waals surface area (Å²) in [5.41, 5.74) is 3.07. The van der Waals surface area contributed by atoms with E-state index in [1.54, 1.807) is 48.9 Å². The van der Waals surface area contributed by atoms with Crippen molar-refractivity contribution in [2.75, 3.05) is 7.11 Å². The lowest BCUT2D eigenvalue weighted by molar-refractivity contribution is 0.0963. The van der Waals surface area contributed by atoms with Crippen LogP contribution >= 0.6 is 11.6 Å². The third-order valence-corrected chi connectivity index (χ3v) is 4.47. The molecule has 1 heterocycles. The van der Waals surface area contributed by atoms with Crippen molar-refractivity contribution in [2.24, 2.45) is 5.16 Å². The molecule has 0 radical (unpaired) electrons. The van der Waals surface area contributed by atoms with Crippen LogP contribution < -0.4 is 4.74 Å². The lowest BCUT2D eigenvalue weighted by Gasteiger charge is -2.08. The van der Waals surface area contributed by atoms with Crippen molar-refractivity contribution in [2.45, 2.75) is 13.8 Å². The van der Waals surface area contributed by atoms with Crippen LogP contribution in [-0.2, 0) is 0 Å². The average molecular weight is 357 g/mol. The molecule has 1 N–H and O–H groups in total. The highest BCUT2D eigenvalue weighted by atomic mass is 35.5. The number of hydrogen-bond donors (Lipinski definition) is 1. The number of oxime groups is 1. The van der Waals surface area contributed by atoms with Gasteiger partial charge in [0.05, 0.1) is 18.3 Å². The van der Waals surface area contributed by atoms with Gasteiger partial charge in [-0.15, -0.1) is 0 Å². The van der Waals surface area contributed by atoms with Gasteiger partial charge in [-0.3, -0.25) is 9.36 Å². The molecule has 0 unspecified atom stereocenters. The fourth-order valence-electron chi connectivity index (χ4n) is 3.01. The maximum Gasteiger partial charge on any atom is 0.262 e. The normalized spacial score (nSPS) is 11.8. The third-order valence-electron chi connectivity index (χ3n) is 4.22. The van der Waals surface area contributed by atoms with Gasteiger partial charge in [-0.1, -0.05) is 16.8 Å². The zero-order chi connectivity index (χ0) is 18.1. The van der Waals surface area contributed by atoms with Crippen molar-refractivity contribution < 1.29 is 14.7 Å². The van der Waals surface area contributed by atoms with E-state index in [9.17, 15) is 10.0 Å². The summed E-state index contributed by atoms with van der Waals surface area (Å²) in [7, 11) is 1.58. The molecule has 0 amide bonds. The fraction of sp³-hybridized carbons (Fsp3) is 0.158. The van der Waals surface area contributed by atoms with Crippen molar-refractivity contribution in [1.82, 2.24) is 4.57 Å². The first-order valence-electron chi connectivity index (χ1n) is 7.66. The van der Waals surface area contributed by atoms with E-state index in [2.05, 4.69) is 5.16 Å². The predicted octanol–water partition coefficient (Wildman–Crippen LogP) is 4.50. The topological polar surface area (TPSA) is 63.8 Å². The Kier molecular flexibility index (Phi) is 4.51. The standard InChI is InChI=1S/C19H17ClN2O3/c1-11(21-24)18-12(2)22(17-9-8-15(25-3)10-16(17)18)19(23)13-4-6-14(20)7-5-13/h4-10,24H,1-3H3. The summed E-state index contributed by atoms with van der Waals surface area (Å²) in [6, 6.07) is 12.2. The number of rotatable bonds is 3. The number of aromatic nitrogens is 1. The highest BCUT2D eigenvalue weighted by Gasteiger charge is 2.22. The average Bonchev–Trinajstić information content (AvgIpc) is 2.92. The summed E-state index contributed by atoms with van der Waals surface area (Å²) >= 11 is 5.91. The first-order chi connectivity index (χ1) is 12.0. The van der Waals surface area contributed by atoms with Gasteiger partial charge in [-0.25, -0.2) is 0 Å². The quantitative estimate of drug-likeness (QED) is 0.427. The van der Waals surface area contributed by atoms with E-state index in [0.717, 1.165) is 10.9 Å². The van der Waals surface area contributed by atoms with Crippen LogP contribution in [0.2, 0.25) is 5.02 Å². The molecular weight excluding hydrogens is 340 g/mol. The van der Waals surface area contributed by atoms with Gasteiger partial charge < -0.3 is 9.94 Å². The second kappa shape index (κ2) is 6.61. The summed E-state index contributed by atoms with van der Waals surface area (Å²) in [5.74, 6) is 0.483. The van der Waals surface area contributed by atoms with E-state index in [0.29, 0.717) is 33.3 Å². The maximum atomic E-state index is 13.1. The van der Waals surface area contributed by atoms with Crippen LogP contribution in [0, 0.1) is 6.92 Å². The van der Waals surface area contributed by atoms with Gasteiger partial charge in [-0.05, 0) is 56.3 Å². The summed E-state index contributed by atoms with van der Waals surface area (Å²) in [6.07, 6.45) is 0. The Morgan fingerprint density at radius 1 is 1.20 bits per heavy atom. The number of halogens is 1. The Hall–Kier alpha value is -2.79. The number of nitrogens with zero attached hydrogens (tertiary/aromatic N) is 2. The molecule has 25 heavy (non-hydrogen) atoms. The molecule has 0 aliphatic heterocycles. The van der Waals surface area contributed by atoms with Crippen LogP contribution in [0.5, 0.6) is 5.75 Å². The Labute approximate surface area is 150 Å². The molecule has 1 aromatic heterocycles. The molecule has 0 aliphatic rings. The van der Waals surface area contributed by atoms with Crippen LogP contribution in [0.15, 0.2) is 47.6 Å². The SMILES string of the molecule is COc1ccc2c(c1)c(C(C)=NO)c(C)n2C(=O)c1ccc(Cl)cc1. The predicted molar refractivity (Wildman–Crippen MR) is 98.4 cm³/mol. The van der Waals surface area contributed by atoms with Crippen molar-refractivity contribution in [3.8, 4) is 5.75 Å². The van der Waals surface area contributed by atoms with Gasteiger partial charge in [0.15, 0.2) is 0 Å². The van der Waals surface area contributed by atoms with Crippen molar-refractivity contribution in [3.05, 3.63) is 64.3 Å². The van der Waals surface area contributed by atoms with E-state index in [-0.39, 0.29) is 5.91 Å². The van der Waals surface area contributed by atoms with E-state index >= 15 is 0 Å². The number of ether oxygens (including phenoxy) is 1. The van der Waals surface area contributed by atoms with Crippen molar-refractivity contribution >= 4 is 34.1 Å². The molecule has 0 spiro atoms. The molecule has 0 aliphatic carbocycles. The molecule has 0 fully saturated rings. The summed E-state index contributed by atoms with van der Waals surface area (Å²) in [5, 5.41) is 13.9. The molecule has 128 valence electrons. The number of benzene rings is 2. The number of carbonyl (C=O) groups is 1. The molecule has 0 bridgehead atoms. The highest BCUT2D eigenvalue weighted by molar-refractivity contribution is 6.30. The van der Waals surface area contributed by atoms with Gasteiger partial charge in [0.2, 0.25) is 0 Å². The van der Waals surface area contributed by atoms with Gasteiger partial charge in [0, 0.05) is 27.2 Å². The number of hydrogen-bond acceptors (Lipinski definition) is 4. The maximum absolute atomic E-state index is 13.1. The molecule has 0 saturated heterocycles. The number of carbonyl (C=O) groups excluding carboxylic acids is 1. The molecule has 0 saturated carbocycles. The third kappa shape index (κ3) is 2.87. The lowest BCUT2D eigenvalue weighted by atomic mass is 10.1. The molecule has 6 heteroatoms. The van der Waals surface area contributed by atoms with Crippen molar-refractivity contribution in [1.29, 1.82) is 0 Å². The zero-order valence-electron chi connectivity index (χ0n) is 14.1. The number of fused-ring (bicyclic) bond motifs is 1. The largest absolute Gasteiger partial charge is 0.497 e. The smallest absolute Gasteiger partial charge is 0.262 e. The molecular formula is C19H17ClN2O3. The van der Waals surface area contributed by atoms with Crippen LogP contribution in [0.4, 0.5) is 0 Å². The molecule has 2 aromatic carbocycles. The van der Waals surface area contributed by atoms with Crippen LogP contribution in [0.25, 0.3) is 10.9 Å². The molecule has 3 aromatic rings. The monoisotopic (exact) mass is 356 g/mol. The second-order valence-electron chi connectivity index (χ2n) is 5.68. The summed E-state index contributed by atoms with van der Waals surface area (Å²) in [6.45, 7) is 3.52. The Bertz CT molecular complexity index is 988. The first kappa shape index (κ1) is 17.0. The lowest BCUT2D eigenvalue weighted by Crippen LogP contribution is -2.14. The minimum atomic E-state index is -0.179. The van der Waals surface area contributed by atoms with Gasteiger partial charge in [-0.2, -0.15) is 0 Å². The first-order valence-corrected chi connectivity index (χ1v) is 8.04. The van der Waals surface area contributed by atoms with Crippen molar-refractivity contribution in [3.63, 3.8) is 0 Å². The van der Waals surface area contributed by atoms with Crippen LogP contribution in [-0.4, -0.2) is 28.5 Å². The number of methoxy groups -OCH3 is 1. The minimum absolute atomic E-state index is 0.179. The molecule has 5 nitrogen and oxygen atoms in total. The van der Waals surface area contributed by atoms with Gasteiger partial charge in [0.1, 0.15) is 5.75 Å². The summed E-state index contributed by atoms with van der Waals surface area (Å²) < 4.78 is 6.90. The van der Waals surface area contributed by atoms with Crippen LogP contribution in [0.1, 0.15) is 28.5 Å². The second-order valence-corrected chi connectivity index (χ2v) is 6.11. The van der Waals surface area contributed by atoms with Crippen LogP contribution in [0.3, 0.4) is 0 Å². The van der Waals surface area contributed by atoms with Gasteiger partial charge in [0.25, 0.3) is 5.91 Å². The zero-order valence-corrected chi connectivity index (χ0v) is 14.8. The minimum Gasteiger partial charge on any atom is -0.497 e. The fourth-order valence-corrected chi connectivity index (χ4v) is 3.14. The van der Waals surface area contributed by atoms with E-state index in [1.165, 1.54) is 0 Å². The molecule has 0 atom stereocenters. The summed E-state index contributed by atoms with van der Waals surface area (Å²) in [4.78, 5) is 13.1. The molecule has 3 rings (SSSR count). The van der Waals surface area contributed by atoms with E-state index in [1.807, 2.05) is 19.1 Å².